The van der Waals surface area contributed by atoms with Crippen molar-refractivity contribution in [2.45, 2.75) is 27.7 Å². The quantitative estimate of drug-likeness (QED) is 0.851. The Bertz CT molecular complexity index is 349. The molecule has 1 aromatic rings. The van der Waals surface area contributed by atoms with Gasteiger partial charge in [-0.2, -0.15) is 0 Å². The van der Waals surface area contributed by atoms with Crippen molar-refractivity contribution in [2.24, 2.45) is 5.41 Å². The third-order valence-corrected chi connectivity index (χ3v) is 2.10. The predicted octanol–water partition coefficient (Wildman–Crippen LogP) is 3.07. The highest BCUT2D eigenvalue weighted by atomic mass is 16.5. The molecule has 3 heteroatoms. The molecule has 0 aliphatic rings. The molecule has 88 valence electrons. The molecule has 0 radical (unpaired) electrons. The van der Waals surface area contributed by atoms with Gasteiger partial charge < -0.3 is 10.1 Å². The number of amides is 1. The molecule has 0 bridgehead atoms. The number of carbonyl (C=O) groups is 1. The number of ether oxygens (including phenoxy) is 1. The van der Waals surface area contributed by atoms with Gasteiger partial charge in [0.15, 0.2) is 0 Å². The molecule has 0 aliphatic heterocycles. The number of nitrogens with one attached hydrogen (secondary N) is 1. The average molecular weight is 221 g/mol. The summed E-state index contributed by atoms with van der Waals surface area (Å²) in [7, 11) is 0. The molecule has 1 aromatic carbocycles. The normalized spacial score (nSPS) is 11.0. The second-order valence-corrected chi connectivity index (χ2v) is 4.66. The molecule has 1 amide bonds. The minimum atomic E-state index is -0.376. The summed E-state index contributed by atoms with van der Waals surface area (Å²) in [5, 5.41) is 2.86. The van der Waals surface area contributed by atoms with Crippen LogP contribution in [-0.2, 0) is 4.79 Å². The minimum Gasteiger partial charge on any atom is -0.494 e. The predicted molar refractivity (Wildman–Crippen MR) is 65.7 cm³/mol. The van der Waals surface area contributed by atoms with Crippen molar-refractivity contribution in [1.82, 2.24) is 0 Å². The van der Waals surface area contributed by atoms with Gasteiger partial charge in [-0.15, -0.1) is 0 Å². The monoisotopic (exact) mass is 221 g/mol. The summed E-state index contributed by atoms with van der Waals surface area (Å²) in [5.74, 6) is 0.827. The first-order chi connectivity index (χ1) is 7.43. The van der Waals surface area contributed by atoms with Crippen molar-refractivity contribution in [3.05, 3.63) is 24.3 Å². The van der Waals surface area contributed by atoms with Crippen molar-refractivity contribution < 1.29 is 9.53 Å². The lowest BCUT2D eigenvalue weighted by Crippen LogP contribution is -2.27. The first kappa shape index (κ1) is 12.6. The Balaban J connectivity index is 2.65. The highest BCUT2D eigenvalue weighted by molar-refractivity contribution is 5.94. The number of carbonyl (C=O) groups excluding carboxylic acids is 1. The second-order valence-electron chi connectivity index (χ2n) is 4.66. The van der Waals surface area contributed by atoms with Crippen LogP contribution in [0.3, 0.4) is 0 Å². The molecule has 0 saturated heterocycles. The van der Waals surface area contributed by atoms with Crippen LogP contribution in [0.25, 0.3) is 0 Å². The summed E-state index contributed by atoms with van der Waals surface area (Å²) >= 11 is 0. The molecule has 0 unspecified atom stereocenters. The molecule has 1 rings (SSSR count). The SMILES string of the molecule is CCOc1ccc(NC(=O)C(C)(C)C)cc1. The van der Waals surface area contributed by atoms with E-state index in [9.17, 15) is 4.79 Å². The van der Waals surface area contributed by atoms with Crippen LogP contribution in [0.2, 0.25) is 0 Å². The number of rotatable bonds is 3. The number of anilines is 1. The van der Waals surface area contributed by atoms with Gasteiger partial charge in [0.1, 0.15) is 5.75 Å². The Morgan fingerprint density at radius 2 is 1.81 bits per heavy atom. The molecule has 0 fully saturated rings. The summed E-state index contributed by atoms with van der Waals surface area (Å²) in [5.41, 5.74) is 0.418. The summed E-state index contributed by atoms with van der Waals surface area (Å²) < 4.78 is 5.32. The smallest absolute Gasteiger partial charge is 0.229 e. The summed E-state index contributed by atoms with van der Waals surface area (Å²) in [6.07, 6.45) is 0. The van der Waals surface area contributed by atoms with E-state index < -0.39 is 0 Å². The van der Waals surface area contributed by atoms with E-state index >= 15 is 0 Å². The van der Waals surface area contributed by atoms with E-state index in [-0.39, 0.29) is 11.3 Å². The van der Waals surface area contributed by atoms with Gasteiger partial charge in [-0.25, -0.2) is 0 Å². The minimum absolute atomic E-state index is 0.0108. The third-order valence-electron chi connectivity index (χ3n) is 2.10. The maximum Gasteiger partial charge on any atom is 0.229 e. The van der Waals surface area contributed by atoms with E-state index in [4.69, 9.17) is 4.74 Å². The summed E-state index contributed by atoms with van der Waals surface area (Å²) in [6, 6.07) is 7.38. The Hall–Kier alpha value is -1.51. The molecule has 0 aliphatic carbocycles. The Morgan fingerprint density at radius 3 is 2.25 bits per heavy atom. The molecule has 16 heavy (non-hydrogen) atoms. The van der Waals surface area contributed by atoms with E-state index in [1.807, 2.05) is 52.0 Å². The lowest BCUT2D eigenvalue weighted by Gasteiger charge is -2.17. The van der Waals surface area contributed by atoms with Gasteiger partial charge in [-0.05, 0) is 31.2 Å². The fourth-order valence-electron chi connectivity index (χ4n) is 1.12. The third kappa shape index (κ3) is 3.57. The van der Waals surface area contributed by atoms with Gasteiger partial charge >= 0.3 is 0 Å². The number of hydrogen-bond donors (Lipinski definition) is 1. The lowest BCUT2D eigenvalue weighted by atomic mass is 9.95. The molecule has 0 aromatic heterocycles. The van der Waals surface area contributed by atoms with Gasteiger partial charge in [-0.3, -0.25) is 4.79 Å². The molecule has 0 spiro atoms. The van der Waals surface area contributed by atoms with E-state index in [2.05, 4.69) is 5.32 Å². The molecule has 0 atom stereocenters. The van der Waals surface area contributed by atoms with Crippen molar-refractivity contribution >= 4 is 11.6 Å². The number of benzene rings is 1. The first-order valence-electron chi connectivity index (χ1n) is 5.48. The fourth-order valence-corrected chi connectivity index (χ4v) is 1.12. The second kappa shape index (κ2) is 5.01. The molecule has 1 N–H and O–H groups in total. The molecular weight excluding hydrogens is 202 g/mol. The standard InChI is InChI=1S/C13H19NO2/c1-5-16-11-8-6-10(7-9-11)14-12(15)13(2,3)4/h6-9H,5H2,1-4H3,(H,14,15). The van der Waals surface area contributed by atoms with Crippen molar-refractivity contribution in [3.63, 3.8) is 0 Å². The maximum absolute atomic E-state index is 11.7. The first-order valence-corrected chi connectivity index (χ1v) is 5.48. The van der Waals surface area contributed by atoms with Crippen LogP contribution < -0.4 is 10.1 Å². The highest BCUT2D eigenvalue weighted by Crippen LogP contribution is 2.19. The summed E-state index contributed by atoms with van der Waals surface area (Å²) in [6.45, 7) is 8.24. The highest BCUT2D eigenvalue weighted by Gasteiger charge is 2.20. The van der Waals surface area contributed by atoms with Gasteiger partial charge in [0.25, 0.3) is 0 Å². The average Bonchev–Trinajstić information content (AvgIpc) is 2.20. The zero-order valence-corrected chi connectivity index (χ0v) is 10.3. The van der Waals surface area contributed by atoms with E-state index in [1.54, 1.807) is 0 Å². The Kier molecular flexibility index (Phi) is 3.93. The fraction of sp³-hybridized carbons (Fsp3) is 0.462. The summed E-state index contributed by atoms with van der Waals surface area (Å²) in [4.78, 5) is 11.7. The van der Waals surface area contributed by atoms with Crippen molar-refractivity contribution in [1.29, 1.82) is 0 Å². The maximum atomic E-state index is 11.7. The number of hydrogen-bond acceptors (Lipinski definition) is 2. The van der Waals surface area contributed by atoms with Crippen LogP contribution in [0.15, 0.2) is 24.3 Å². The molecule has 0 heterocycles. The Morgan fingerprint density at radius 1 is 1.25 bits per heavy atom. The lowest BCUT2D eigenvalue weighted by molar-refractivity contribution is -0.123. The van der Waals surface area contributed by atoms with Crippen LogP contribution in [-0.4, -0.2) is 12.5 Å². The van der Waals surface area contributed by atoms with Crippen molar-refractivity contribution in [2.75, 3.05) is 11.9 Å². The molecule has 3 nitrogen and oxygen atoms in total. The van der Waals surface area contributed by atoms with E-state index in [0.717, 1.165) is 11.4 Å². The van der Waals surface area contributed by atoms with Crippen LogP contribution in [0.4, 0.5) is 5.69 Å². The van der Waals surface area contributed by atoms with Gasteiger partial charge in [0.2, 0.25) is 5.91 Å². The van der Waals surface area contributed by atoms with Crippen LogP contribution in [0, 0.1) is 5.41 Å². The van der Waals surface area contributed by atoms with Crippen molar-refractivity contribution in [3.8, 4) is 5.75 Å². The zero-order valence-electron chi connectivity index (χ0n) is 10.3. The topological polar surface area (TPSA) is 38.3 Å². The van der Waals surface area contributed by atoms with Crippen LogP contribution in [0.1, 0.15) is 27.7 Å². The zero-order chi connectivity index (χ0) is 12.2. The largest absolute Gasteiger partial charge is 0.494 e. The molecular formula is C13H19NO2. The van der Waals surface area contributed by atoms with Crippen LogP contribution >= 0.6 is 0 Å². The van der Waals surface area contributed by atoms with Crippen LogP contribution in [0.5, 0.6) is 5.75 Å². The van der Waals surface area contributed by atoms with E-state index in [0.29, 0.717) is 6.61 Å². The van der Waals surface area contributed by atoms with Gasteiger partial charge in [0.05, 0.1) is 6.61 Å². The van der Waals surface area contributed by atoms with E-state index in [1.165, 1.54) is 0 Å². The van der Waals surface area contributed by atoms with Gasteiger partial charge in [-0.1, -0.05) is 20.8 Å². The Labute approximate surface area is 96.8 Å². The van der Waals surface area contributed by atoms with Gasteiger partial charge in [0, 0.05) is 11.1 Å². The molecule has 0 saturated carbocycles.